The maximum absolute atomic E-state index is 12.3. The van der Waals surface area contributed by atoms with Crippen LogP contribution in [-0.2, 0) is 17.8 Å². The number of aryl methyl sites for hydroxylation is 2. The van der Waals surface area contributed by atoms with Gasteiger partial charge < -0.3 is 14.2 Å². The minimum absolute atomic E-state index is 0.221. The van der Waals surface area contributed by atoms with Crippen molar-refractivity contribution in [1.29, 1.82) is 0 Å². The first-order valence-corrected chi connectivity index (χ1v) is 8.55. The summed E-state index contributed by atoms with van der Waals surface area (Å²) in [6.07, 6.45) is 3.95. The van der Waals surface area contributed by atoms with Gasteiger partial charge in [-0.05, 0) is 50.8 Å². The molecule has 0 atom stereocenters. The summed E-state index contributed by atoms with van der Waals surface area (Å²) in [5, 5.41) is 3.92. The van der Waals surface area contributed by atoms with Gasteiger partial charge in [0, 0.05) is 13.1 Å². The lowest BCUT2D eigenvalue weighted by atomic mass is 10.1. The highest BCUT2D eigenvalue weighted by Crippen LogP contribution is 2.19. The SMILES string of the molecule is Cc1noc(C)c1COc1ccc(CC(=O)N2CCCCC2)cc1. The van der Waals surface area contributed by atoms with Crippen LogP contribution in [0.5, 0.6) is 5.75 Å². The molecule has 0 saturated carbocycles. The number of amides is 1. The van der Waals surface area contributed by atoms with Crippen molar-refractivity contribution in [1.82, 2.24) is 10.1 Å². The highest BCUT2D eigenvalue weighted by molar-refractivity contribution is 5.78. The largest absolute Gasteiger partial charge is 0.489 e. The van der Waals surface area contributed by atoms with Crippen LogP contribution in [0, 0.1) is 13.8 Å². The fourth-order valence-electron chi connectivity index (χ4n) is 3.00. The van der Waals surface area contributed by atoms with Crippen molar-refractivity contribution in [3.63, 3.8) is 0 Å². The van der Waals surface area contributed by atoms with Crippen LogP contribution in [0.3, 0.4) is 0 Å². The van der Waals surface area contributed by atoms with Crippen molar-refractivity contribution in [3.8, 4) is 5.75 Å². The van der Waals surface area contributed by atoms with E-state index in [-0.39, 0.29) is 5.91 Å². The molecule has 5 nitrogen and oxygen atoms in total. The zero-order valence-corrected chi connectivity index (χ0v) is 14.4. The van der Waals surface area contributed by atoms with Crippen LogP contribution in [0.2, 0.25) is 0 Å². The predicted octanol–water partition coefficient (Wildman–Crippen LogP) is 3.43. The summed E-state index contributed by atoms with van der Waals surface area (Å²) in [6.45, 7) is 6.03. The van der Waals surface area contributed by atoms with Gasteiger partial charge in [0.05, 0.1) is 17.7 Å². The van der Waals surface area contributed by atoms with Gasteiger partial charge in [-0.3, -0.25) is 4.79 Å². The topological polar surface area (TPSA) is 55.6 Å². The third kappa shape index (κ3) is 3.96. The molecule has 0 N–H and O–H groups in total. The van der Waals surface area contributed by atoms with E-state index in [1.807, 2.05) is 43.0 Å². The number of likely N-dealkylation sites (tertiary alicyclic amines) is 1. The summed E-state index contributed by atoms with van der Waals surface area (Å²) < 4.78 is 10.9. The van der Waals surface area contributed by atoms with Gasteiger partial charge in [0.25, 0.3) is 0 Å². The van der Waals surface area contributed by atoms with E-state index in [0.717, 1.165) is 54.3 Å². The fourth-order valence-corrected chi connectivity index (χ4v) is 3.00. The third-order valence-corrected chi connectivity index (χ3v) is 4.55. The van der Waals surface area contributed by atoms with E-state index in [2.05, 4.69) is 5.16 Å². The summed E-state index contributed by atoms with van der Waals surface area (Å²) in [5.41, 5.74) is 2.87. The van der Waals surface area contributed by atoms with Gasteiger partial charge in [-0.1, -0.05) is 17.3 Å². The summed E-state index contributed by atoms with van der Waals surface area (Å²) >= 11 is 0. The molecule has 0 aliphatic carbocycles. The number of aromatic nitrogens is 1. The van der Waals surface area contributed by atoms with Gasteiger partial charge in [-0.2, -0.15) is 0 Å². The van der Waals surface area contributed by atoms with Crippen molar-refractivity contribution in [2.45, 2.75) is 46.1 Å². The Hall–Kier alpha value is -2.30. The van der Waals surface area contributed by atoms with Gasteiger partial charge in [0.15, 0.2) is 0 Å². The molecule has 1 fully saturated rings. The fraction of sp³-hybridized carbons (Fsp3) is 0.474. The van der Waals surface area contributed by atoms with Gasteiger partial charge in [-0.15, -0.1) is 0 Å². The van der Waals surface area contributed by atoms with Crippen LogP contribution in [0.4, 0.5) is 0 Å². The number of rotatable bonds is 5. The van der Waals surface area contributed by atoms with Crippen LogP contribution in [0.1, 0.15) is 41.8 Å². The van der Waals surface area contributed by atoms with Crippen molar-refractivity contribution in [2.24, 2.45) is 0 Å². The first-order valence-electron chi connectivity index (χ1n) is 8.55. The Morgan fingerprint density at radius 1 is 1.17 bits per heavy atom. The summed E-state index contributed by atoms with van der Waals surface area (Å²) in [7, 11) is 0. The molecule has 1 aromatic heterocycles. The molecule has 1 aromatic carbocycles. The number of ether oxygens (including phenoxy) is 1. The maximum Gasteiger partial charge on any atom is 0.226 e. The first kappa shape index (κ1) is 16.6. The van der Waals surface area contributed by atoms with Crippen LogP contribution in [0.15, 0.2) is 28.8 Å². The highest BCUT2D eigenvalue weighted by atomic mass is 16.5. The molecule has 0 unspecified atom stereocenters. The van der Waals surface area contributed by atoms with Crippen LogP contribution in [-0.4, -0.2) is 29.1 Å². The molecule has 1 aliphatic rings. The number of carbonyl (C=O) groups excluding carboxylic acids is 1. The Labute approximate surface area is 142 Å². The Bertz CT molecular complexity index is 666. The molecule has 0 radical (unpaired) electrons. The minimum Gasteiger partial charge on any atom is -0.489 e. The van der Waals surface area contributed by atoms with E-state index < -0.39 is 0 Å². The number of hydrogen-bond acceptors (Lipinski definition) is 4. The molecule has 1 amide bonds. The Morgan fingerprint density at radius 3 is 2.50 bits per heavy atom. The normalized spacial score (nSPS) is 14.7. The number of carbonyl (C=O) groups is 1. The second-order valence-corrected chi connectivity index (χ2v) is 6.35. The lowest BCUT2D eigenvalue weighted by Crippen LogP contribution is -2.36. The van der Waals surface area contributed by atoms with Crippen molar-refractivity contribution in [2.75, 3.05) is 13.1 Å². The maximum atomic E-state index is 12.3. The Balaban J connectivity index is 1.54. The zero-order chi connectivity index (χ0) is 16.9. The molecule has 24 heavy (non-hydrogen) atoms. The molecule has 2 heterocycles. The quantitative estimate of drug-likeness (QED) is 0.844. The van der Waals surface area contributed by atoms with E-state index in [4.69, 9.17) is 9.26 Å². The lowest BCUT2D eigenvalue weighted by molar-refractivity contribution is -0.131. The number of piperidine rings is 1. The smallest absolute Gasteiger partial charge is 0.226 e. The Kier molecular flexibility index (Phi) is 5.18. The average molecular weight is 328 g/mol. The zero-order valence-electron chi connectivity index (χ0n) is 14.4. The first-order chi connectivity index (χ1) is 11.6. The predicted molar refractivity (Wildman–Crippen MR) is 90.9 cm³/mol. The van der Waals surface area contributed by atoms with E-state index in [1.165, 1.54) is 6.42 Å². The third-order valence-electron chi connectivity index (χ3n) is 4.55. The lowest BCUT2D eigenvalue weighted by Gasteiger charge is -2.26. The van der Waals surface area contributed by atoms with Crippen molar-refractivity contribution in [3.05, 3.63) is 46.8 Å². The summed E-state index contributed by atoms with van der Waals surface area (Å²) in [5.74, 6) is 1.79. The molecule has 3 rings (SSSR count). The molecule has 0 bridgehead atoms. The monoisotopic (exact) mass is 328 g/mol. The van der Waals surface area contributed by atoms with E-state index in [1.54, 1.807) is 0 Å². The average Bonchev–Trinajstić information content (AvgIpc) is 2.93. The molecule has 1 saturated heterocycles. The highest BCUT2D eigenvalue weighted by Gasteiger charge is 2.16. The van der Waals surface area contributed by atoms with Crippen molar-refractivity contribution >= 4 is 5.91 Å². The number of benzene rings is 1. The van der Waals surface area contributed by atoms with E-state index in [9.17, 15) is 4.79 Å². The molecule has 128 valence electrons. The summed E-state index contributed by atoms with van der Waals surface area (Å²) in [6, 6.07) is 7.75. The van der Waals surface area contributed by atoms with Crippen LogP contribution < -0.4 is 4.74 Å². The van der Waals surface area contributed by atoms with Crippen LogP contribution in [0.25, 0.3) is 0 Å². The van der Waals surface area contributed by atoms with E-state index >= 15 is 0 Å². The number of nitrogens with zero attached hydrogens (tertiary/aromatic N) is 2. The Morgan fingerprint density at radius 2 is 1.88 bits per heavy atom. The van der Waals surface area contributed by atoms with Gasteiger partial charge in [0.1, 0.15) is 18.1 Å². The second-order valence-electron chi connectivity index (χ2n) is 6.35. The van der Waals surface area contributed by atoms with Gasteiger partial charge in [-0.25, -0.2) is 0 Å². The molecule has 5 heteroatoms. The summed E-state index contributed by atoms with van der Waals surface area (Å²) in [4.78, 5) is 14.3. The molecule has 1 aliphatic heterocycles. The molecule has 2 aromatic rings. The minimum atomic E-state index is 0.221. The van der Waals surface area contributed by atoms with Gasteiger partial charge in [0.2, 0.25) is 5.91 Å². The van der Waals surface area contributed by atoms with Crippen molar-refractivity contribution < 1.29 is 14.1 Å². The van der Waals surface area contributed by atoms with Crippen LogP contribution >= 0.6 is 0 Å². The standard InChI is InChI=1S/C19H24N2O3/c1-14-18(15(2)24-20-14)13-23-17-8-6-16(7-9-17)12-19(22)21-10-4-3-5-11-21/h6-9H,3-5,10-13H2,1-2H3. The number of hydrogen-bond donors (Lipinski definition) is 0. The second kappa shape index (κ2) is 7.51. The van der Waals surface area contributed by atoms with Gasteiger partial charge >= 0.3 is 0 Å². The van der Waals surface area contributed by atoms with E-state index in [0.29, 0.717) is 13.0 Å². The molecular formula is C19H24N2O3. The molecule has 0 spiro atoms. The molecular weight excluding hydrogens is 304 g/mol.